The zero-order chi connectivity index (χ0) is 20.4. The van der Waals surface area contributed by atoms with E-state index >= 15 is 0 Å². The number of aliphatic hydroxyl groups excluding tert-OH is 1. The Kier molecular flexibility index (Phi) is 5.69. The highest BCUT2D eigenvalue weighted by atomic mass is 79.9. The predicted octanol–water partition coefficient (Wildman–Crippen LogP) is 3.58. The third kappa shape index (κ3) is 4.21. The number of hydrogen-bond donors (Lipinski definition) is 1. The molecule has 0 saturated carbocycles. The molecular formula is C22H20BrNO5. The first-order chi connectivity index (χ1) is 14.0. The minimum atomic E-state index is -0.409. The molecule has 29 heavy (non-hydrogen) atoms. The maximum Gasteiger partial charge on any atom is 0.344 e. The van der Waals surface area contributed by atoms with Crippen molar-refractivity contribution >= 4 is 32.8 Å². The van der Waals surface area contributed by atoms with Crippen LogP contribution in [0.4, 0.5) is 0 Å². The molecule has 1 amide bonds. The van der Waals surface area contributed by atoms with Gasteiger partial charge in [0.15, 0.2) is 6.61 Å². The number of benzene rings is 2. The van der Waals surface area contributed by atoms with Gasteiger partial charge in [-0.1, -0.05) is 28.1 Å². The van der Waals surface area contributed by atoms with E-state index in [2.05, 4.69) is 15.9 Å². The Hall–Kier alpha value is -2.64. The van der Waals surface area contributed by atoms with Gasteiger partial charge in [-0.25, -0.2) is 4.79 Å². The molecule has 150 valence electrons. The second-order valence-electron chi connectivity index (χ2n) is 7.01. The Morgan fingerprint density at radius 2 is 2.00 bits per heavy atom. The highest BCUT2D eigenvalue weighted by molar-refractivity contribution is 9.10. The summed E-state index contributed by atoms with van der Waals surface area (Å²) in [7, 11) is 0. The summed E-state index contributed by atoms with van der Waals surface area (Å²) in [6.45, 7) is 0.549. The molecule has 1 fully saturated rings. The Balaban J connectivity index is 1.48. The number of halogens is 1. The minimum absolute atomic E-state index is 0.0225. The minimum Gasteiger partial charge on any atom is -0.484 e. The molecule has 1 aromatic heterocycles. The van der Waals surface area contributed by atoms with Gasteiger partial charge in [0.2, 0.25) is 0 Å². The van der Waals surface area contributed by atoms with Crippen LogP contribution in [-0.2, 0) is 4.79 Å². The number of carbonyl (C=O) groups is 1. The van der Waals surface area contributed by atoms with Gasteiger partial charge in [-0.3, -0.25) is 4.79 Å². The van der Waals surface area contributed by atoms with Crippen molar-refractivity contribution in [3.63, 3.8) is 0 Å². The topological polar surface area (TPSA) is 80.0 Å². The molecule has 1 atom stereocenters. The molecule has 2 aromatic carbocycles. The van der Waals surface area contributed by atoms with Crippen LogP contribution >= 0.6 is 15.9 Å². The maximum absolute atomic E-state index is 12.3. The van der Waals surface area contributed by atoms with Crippen LogP contribution in [0.3, 0.4) is 0 Å². The molecule has 1 N–H and O–H groups in total. The van der Waals surface area contributed by atoms with E-state index in [1.807, 2.05) is 12.1 Å². The number of amides is 1. The molecule has 3 aromatic rings. The lowest BCUT2D eigenvalue weighted by Crippen LogP contribution is -2.40. The fourth-order valence-electron chi connectivity index (χ4n) is 3.61. The van der Waals surface area contributed by atoms with E-state index < -0.39 is 5.63 Å². The average Bonchev–Trinajstić information content (AvgIpc) is 3.21. The van der Waals surface area contributed by atoms with Crippen LogP contribution < -0.4 is 10.4 Å². The Labute approximate surface area is 175 Å². The largest absolute Gasteiger partial charge is 0.484 e. The summed E-state index contributed by atoms with van der Waals surface area (Å²) in [5.74, 6) is 0.404. The molecule has 1 saturated heterocycles. The lowest BCUT2D eigenvalue weighted by atomic mass is 10.1. The van der Waals surface area contributed by atoms with E-state index in [1.165, 1.54) is 0 Å². The molecule has 0 aliphatic carbocycles. The Morgan fingerprint density at radius 3 is 2.76 bits per heavy atom. The number of ether oxygens (including phenoxy) is 1. The second-order valence-corrected chi connectivity index (χ2v) is 7.92. The summed E-state index contributed by atoms with van der Waals surface area (Å²) in [6, 6.07) is 14.1. The fourth-order valence-corrected chi connectivity index (χ4v) is 3.99. The van der Waals surface area contributed by atoms with Gasteiger partial charge in [0.25, 0.3) is 5.91 Å². The molecular weight excluding hydrogens is 438 g/mol. The van der Waals surface area contributed by atoms with Crippen molar-refractivity contribution in [3.8, 4) is 16.9 Å². The fraction of sp³-hybridized carbons (Fsp3) is 0.273. The van der Waals surface area contributed by atoms with Gasteiger partial charge in [-0.05, 0) is 54.8 Å². The third-order valence-electron chi connectivity index (χ3n) is 5.13. The number of nitrogens with zero attached hydrogens (tertiary/aromatic N) is 1. The number of fused-ring (bicyclic) bond motifs is 1. The number of carbonyl (C=O) groups excluding carboxylic acids is 1. The van der Waals surface area contributed by atoms with Crippen molar-refractivity contribution in [2.75, 3.05) is 19.8 Å². The highest BCUT2D eigenvalue weighted by Crippen LogP contribution is 2.25. The van der Waals surface area contributed by atoms with Gasteiger partial charge in [0, 0.05) is 16.4 Å². The standard InChI is InChI=1S/C22H20BrNO5/c23-16-5-8-20-15(10-16)11-19(22(27)29-20)14-3-6-18(7-4-14)28-13-21(26)24-9-1-2-17(24)12-25/h3-8,10-11,17,25H,1-2,9,12-13H2. The smallest absolute Gasteiger partial charge is 0.344 e. The maximum atomic E-state index is 12.3. The Bertz CT molecular complexity index is 1090. The molecule has 1 unspecified atom stereocenters. The first-order valence-corrected chi connectivity index (χ1v) is 10.2. The number of aliphatic hydroxyl groups is 1. The zero-order valence-electron chi connectivity index (χ0n) is 15.6. The summed E-state index contributed by atoms with van der Waals surface area (Å²) >= 11 is 3.42. The van der Waals surface area contributed by atoms with E-state index in [1.54, 1.807) is 41.3 Å². The second kappa shape index (κ2) is 8.39. The van der Waals surface area contributed by atoms with Crippen molar-refractivity contribution in [1.82, 2.24) is 4.90 Å². The predicted molar refractivity (Wildman–Crippen MR) is 113 cm³/mol. The first-order valence-electron chi connectivity index (χ1n) is 9.42. The van der Waals surface area contributed by atoms with Gasteiger partial charge in [-0.2, -0.15) is 0 Å². The number of hydrogen-bond acceptors (Lipinski definition) is 5. The van der Waals surface area contributed by atoms with Crippen LogP contribution in [0.1, 0.15) is 12.8 Å². The average molecular weight is 458 g/mol. The molecule has 1 aliphatic heterocycles. The summed E-state index contributed by atoms with van der Waals surface area (Å²) in [5.41, 5.74) is 1.29. The van der Waals surface area contributed by atoms with E-state index in [-0.39, 0.29) is 25.2 Å². The van der Waals surface area contributed by atoms with Crippen molar-refractivity contribution < 1.29 is 19.1 Å². The van der Waals surface area contributed by atoms with Crippen LogP contribution in [0, 0.1) is 0 Å². The molecule has 1 aliphatic rings. The van der Waals surface area contributed by atoms with E-state index in [4.69, 9.17) is 9.15 Å². The van der Waals surface area contributed by atoms with Gasteiger partial charge >= 0.3 is 5.63 Å². The lowest BCUT2D eigenvalue weighted by Gasteiger charge is -2.22. The quantitative estimate of drug-likeness (QED) is 0.592. The molecule has 7 heteroatoms. The normalized spacial score (nSPS) is 16.3. The van der Waals surface area contributed by atoms with Crippen LogP contribution in [0.2, 0.25) is 0 Å². The van der Waals surface area contributed by atoms with E-state index in [9.17, 15) is 14.7 Å². The molecule has 2 heterocycles. The van der Waals surface area contributed by atoms with Crippen molar-refractivity contribution in [2.24, 2.45) is 0 Å². The number of likely N-dealkylation sites (tertiary alicyclic amines) is 1. The van der Waals surface area contributed by atoms with Gasteiger partial charge in [0.05, 0.1) is 18.2 Å². The SMILES string of the molecule is O=C(COc1ccc(-c2cc3cc(Br)ccc3oc2=O)cc1)N1CCCC1CO. The van der Waals surface area contributed by atoms with Crippen LogP contribution in [0.15, 0.2) is 62.2 Å². The van der Waals surface area contributed by atoms with Crippen molar-refractivity contribution in [3.05, 3.63) is 63.4 Å². The molecule has 0 spiro atoms. The van der Waals surface area contributed by atoms with Crippen LogP contribution in [0.25, 0.3) is 22.1 Å². The van der Waals surface area contributed by atoms with Crippen LogP contribution in [-0.4, -0.2) is 41.7 Å². The van der Waals surface area contributed by atoms with Gasteiger partial charge in [-0.15, -0.1) is 0 Å². The van der Waals surface area contributed by atoms with Gasteiger partial charge < -0.3 is 19.2 Å². The van der Waals surface area contributed by atoms with Crippen molar-refractivity contribution in [1.29, 1.82) is 0 Å². The summed E-state index contributed by atoms with van der Waals surface area (Å²) < 4.78 is 11.9. The summed E-state index contributed by atoms with van der Waals surface area (Å²) in [6.07, 6.45) is 1.72. The van der Waals surface area contributed by atoms with E-state index in [0.717, 1.165) is 22.7 Å². The first kappa shape index (κ1) is 19.7. The van der Waals surface area contributed by atoms with Gasteiger partial charge in [0.1, 0.15) is 11.3 Å². The molecule has 0 bridgehead atoms. The highest BCUT2D eigenvalue weighted by Gasteiger charge is 2.28. The molecule has 4 rings (SSSR count). The molecule has 0 radical (unpaired) electrons. The molecule has 6 nitrogen and oxygen atoms in total. The van der Waals surface area contributed by atoms with Crippen LogP contribution in [0.5, 0.6) is 5.75 Å². The summed E-state index contributed by atoms with van der Waals surface area (Å²) in [5, 5.41) is 10.2. The Morgan fingerprint density at radius 1 is 1.21 bits per heavy atom. The summed E-state index contributed by atoms with van der Waals surface area (Å²) in [4.78, 5) is 26.3. The third-order valence-corrected chi connectivity index (χ3v) is 5.62. The number of rotatable bonds is 5. The van der Waals surface area contributed by atoms with E-state index in [0.29, 0.717) is 29.0 Å². The monoisotopic (exact) mass is 457 g/mol. The van der Waals surface area contributed by atoms with Crippen molar-refractivity contribution in [2.45, 2.75) is 18.9 Å². The lowest BCUT2D eigenvalue weighted by molar-refractivity contribution is -0.134. The zero-order valence-corrected chi connectivity index (χ0v) is 17.2.